The van der Waals surface area contributed by atoms with Crippen molar-refractivity contribution in [3.63, 3.8) is 0 Å². The standard InChI is InChI=1S/C7H2F2I2O2/c8-5-2(10)1-3(11)6(9)4(5)7(12)13/h1H,(H,12,13). The van der Waals surface area contributed by atoms with Gasteiger partial charge in [0.25, 0.3) is 0 Å². The quantitative estimate of drug-likeness (QED) is 0.572. The number of carbonyl (C=O) groups is 1. The average Bonchev–Trinajstić information content (AvgIpc) is 2.01. The van der Waals surface area contributed by atoms with E-state index in [4.69, 9.17) is 5.11 Å². The Bertz CT molecular complexity index is 353. The van der Waals surface area contributed by atoms with E-state index < -0.39 is 23.2 Å². The van der Waals surface area contributed by atoms with Gasteiger partial charge < -0.3 is 5.11 Å². The minimum atomic E-state index is -1.59. The molecule has 0 bridgehead atoms. The van der Waals surface area contributed by atoms with Crippen molar-refractivity contribution in [1.82, 2.24) is 0 Å². The summed E-state index contributed by atoms with van der Waals surface area (Å²) >= 11 is 3.23. The lowest BCUT2D eigenvalue weighted by Gasteiger charge is -2.03. The summed E-state index contributed by atoms with van der Waals surface area (Å²) in [6, 6.07) is 1.25. The van der Waals surface area contributed by atoms with Gasteiger partial charge in [0.1, 0.15) is 5.56 Å². The average molecular weight is 410 g/mol. The van der Waals surface area contributed by atoms with E-state index in [2.05, 4.69) is 0 Å². The third-order valence-electron chi connectivity index (χ3n) is 1.33. The second-order valence-corrected chi connectivity index (χ2v) is 4.47. The van der Waals surface area contributed by atoms with Gasteiger partial charge in [0.2, 0.25) is 0 Å². The van der Waals surface area contributed by atoms with Gasteiger partial charge >= 0.3 is 5.97 Å². The van der Waals surface area contributed by atoms with Crippen LogP contribution >= 0.6 is 45.2 Å². The van der Waals surface area contributed by atoms with E-state index in [1.807, 2.05) is 0 Å². The number of aromatic carboxylic acids is 1. The van der Waals surface area contributed by atoms with Crippen molar-refractivity contribution in [1.29, 1.82) is 0 Å². The van der Waals surface area contributed by atoms with Crippen LogP contribution < -0.4 is 0 Å². The van der Waals surface area contributed by atoms with Gasteiger partial charge in [-0.15, -0.1) is 0 Å². The molecule has 70 valence electrons. The molecule has 0 atom stereocenters. The van der Waals surface area contributed by atoms with Gasteiger partial charge in [-0.05, 0) is 51.2 Å². The Labute approximate surface area is 99.6 Å². The highest BCUT2D eigenvalue weighted by Gasteiger charge is 2.21. The molecule has 0 aliphatic carbocycles. The summed E-state index contributed by atoms with van der Waals surface area (Å²) in [7, 11) is 0. The molecule has 1 aromatic rings. The van der Waals surface area contributed by atoms with Gasteiger partial charge in [0, 0.05) is 0 Å². The maximum absolute atomic E-state index is 13.1. The van der Waals surface area contributed by atoms with Gasteiger partial charge in [0.15, 0.2) is 11.6 Å². The molecule has 1 N–H and O–H groups in total. The third-order valence-corrected chi connectivity index (χ3v) is 2.90. The summed E-state index contributed by atoms with van der Waals surface area (Å²) in [4.78, 5) is 10.5. The fourth-order valence-corrected chi connectivity index (χ4v) is 2.52. The minimum absolute atomic E-state index is 0.0980. The fraction of sp³-hybridized carbons (Fsp3) is 0. The molecule has 2 nitrogen and oxygen atoms in total. The zero-order valence-electron chi connectivity index (χ0n) is 5.94. The number of carboxylic acids is 1. The minimum Gasteiger partial charge on any atom is -0.477 e. The van der Waals surface area contributed by atoms with Crippen molar-refractivity contribution in [2.45, 2.75) is 0 Å². The number of carboxylic acid groups (broad SMARTS) is 1. The number of hydrogen-bond donors (Lipinski definition) is 1. The van der Waals surface area contributed by atoms with E-state index >= 15 is 0 Å². The fourth-order valence-electron chi connectivity index (χ4n) is 0.761. The summed E-state index contributed by atoms with van der Waals surface area (Å²) in [6.45, 7) is 0. The van der Waals surface area contributed by atoms with E-state index in [0.29, 0.717) is 0 Å². The van der Waals surface area contributed by atoms with E-state index in [1.165, 1.54) is 6.07 Å². The molecule has 0 heterocycles. The largest absolute Gasteiger partial charge is 0.477 e. The summed E-state index contributed by atoms with van der Waals surface area (Å²) in [5, 5.41) is 8.51. The highest BCUT2D eigenvalue weighted by atomic mass is 127. The Morgan fingerprint density at radius 2 is 1.62 bits per heavy atom. The first kappa shape index (κ1) is 11.1. The topological polar surface area (TPSA) is 37.3 Å². The molecule has 0 fully saturated rings. The second kappa shape index (κ2) is 4.03. The Morgan fingerprint density at radius 1 is 1.23 bits per heavy atom. The van der Waals surface area contributed by atoms with Gasteiger partial charge in [-0.3, -0.25) is 0 Å². The lowest BCUT2D eigenvalue weighted by atomic mass is 10.2. The molecule has 0 saturated heterocycles. The van der Waals surface area contributed by atoms with Crippen LogP contribution in [0.5, 0.6) is 0 Å². The van der Waals surface area contributed by atoms with Crippen molar-refractivity contribution in [2.24, 2.45) is 0 Å². The van der Waals surface area contributed by atoms with E-state index in [0.717, 1.165) is 0 Å². The predicted molar refractivity (Wildman–Crippen MR) is 58.8 cm³/mol. The first-order valence-corrected chi connectivity index (χ1v) is 5.17. The highest BCUT2D eigenvalue weighted by molar-refractivity contribution is 14.1. The summed E-state index contributed by atoms with van der Waals surface area (Å²) < 4.78 is 26.3. The normalized spacial score (nSPS) is 10.2. The lowest BCUT2D eigenvalue weighted by molar-refractivity contribution is 0.0686. The van der Waals surface area contributed by atoms with Crippen LogP contribution in [0.25, 0.3) is 0 Å². The number of halogens is 4. The zero-order valence-corrected chi connectivity index (χ0v) is 10.3. The summed E-state index contributed by atoms with van der Waals surface area (Å²) in [6.07, 6.45) is 0. The van der Waals surface area contributed by atoms with Crippen LogP contribution in [0.4, 0.5) is 8.78 Å². The molecule has 0 aromatic heterocycles. The molecule has 1 rings (SSSR count). The molecule has 1 aromatic carbocycles. The smallest absolute Gasteiger partial charge is 0.341 e. The first-order valence-electron chi connectivity index (χ1n) is 3.01. The molecule has 0 amide bonds. The molecule has 0 aliphatic heterocycles. The van der Waals surface area contributed by atoms with Gasteiger partial charge in [0.05, 0.1) is 7.14 Å². The van der Waals surface area contributed by atoms with E-state index in [-0.39, 0.29) is 7.14 Å². The van der Waals surface area contributed by atoms with Crippen LogP contribution in [0.2, 0.25) is 0 Å². The van der Waals surface area contributed by atoms with Crippen LogP contribution in [0.15, 0.2) is 6.07 Å². The summed E-state index contributed by atoms with van der Waals surface area (Å²) in [5.74, 6) is -3.64. The number of benzene rings is 1. The van der Waals surface area contributed by atoms with Crippen LogP contribution in [-0.4, -0.2) is 11.1 Å². The molecular formula is C7H2F2I2O2. The molecule has 13 heavy (non-hydrogen) atoms. The zero-order chi connectivity index (χ0) is 10.2. The SMILES string of the molecule is O=C(O)c1c(F)c(I)cc(I)c1F. The number of rotatable bonds is 1. The van der Waals surface area contributed by atoms with Gasteiger partial charge in [-0.2, -0.15) is 0 Å². The van der Waals surface area contributed by atoms with Gasteiger partial charge in [-0.25, -0.2) is 13.6 Å². The third kappa shape index (κ3) is 2.09. The van der Waals surface area contributed by atoms with Crippen LogP contribution in [0.3, 0.4) is 0 Å². The molecule has 6 heteroatoms. The molecule has 0 aliphatic rings. The molecular weight excluding hydrogens is 408 g/mol. The van der Waals surface area contributed by atoms with Crippen molar-refractivity contribution < 1.29 is 18.7 Å². The summed E-state index contributed by atoms with van der Waals surface area (Å²) in [5.41, 5.74) is -0.892. The van der Waals surface area contributed by atoms with E-state index in [1.54, 1.807) is 45.2 Å². The van der Waals surface area contributed by atoms with Crippen molar-refractivity contribution >= 4 is 51.2 Å². The highest BCUT2D eigenvalue weighted by Crippen LogP contribution is 2.23. The van der Waals surface area contributed by atoms with Crippen LogP contribution in [0, 0.1) is 18.8 Å². The monoisotopic (exact) mass is 410 g/mol. The van der Waals surface area contributed by atoms with Crippen molar-refractivity contribution in [3.05, 3.63) is 30.4 Å². The Hall–Kier alpha value is 0.01000. The van der Waals surface area contributed by atoms with Crippen molar-refractivity contribution in [2.75, 3.05) is 0 Å². The Kier molecular flexibility index (Phi) is 3.44. The number of hydrogen-bond acceptors (Lipinski definition) is 1. The van der Waals surface area contributed by atoms with E-state index in [9.17, 15) is 13.6 Å². The second-order valence-electron chi connectivity index (χ2n) is 2.15. The van der Waals surface area contributed by atoms with Gasteiger partial charge in [-0.1, -0.05) is 0 Å². The van der Waals surface area contributed by atoms with Crippen LogP contribution in [0.1, 0.15) is 10.4 Å². The first-order chi connectivity index (χ1) is 5.95. The molecule has 0 radical (unpaired) electrons. The predicted octanol–water partition coefficient (Wildman–Crippen LogP) is 2.87. The molecule has 0 spiro atoms. The maximum atomic E-state index is 13.1. The Balaban J connectivity index is 3.56. The van der Waals surface area contributed by atoms with Crippen LogP contribution in [-0.2, 0) is 0 Å². The Morgan fingerprint density at radius 3 is 1.92 bits per heavy atom. The lowest BCUT2D eigenvalue weighted by Crippen LogP contribution is -2.07. The maximum Gasteiger partial charge on any atom is 0.341 e. The molecule has 0 saturated carbocycles. The molecule has 0 unspecified atom stereocenters. The van der Waals surface area contributed by atoms with Crippen molar-refractivity contribution in [3.8, 4) is 0 Å².